The number of sulfonamides is 1. The second-order valence-electron chi connectivity index (χ2n) is 7.97. The number of carbonyl (C=O) groups excluding carboxylic acids is 2. The molecule has 0 unspecified atom stereocenters. The van der Waals surface area contributed by atoms with Gasteiger partial charge in [0.25, 0.3) is 21.8 Å². The Balaban J connectivity index is 1.84. The summed E-state index contributed by atoms with van der Waals surface area (Å²) in [6.45, 7) is 2.27. The highest BCUT2D eigenvalue weighted by molar-refractivity contribution is 7.98. The minimum Gasteiger partial charge on any atom is -0.385 e. The van der Waals surface area contributed by atoms with E-state index >= 15 is 0 Å². The topological polar surface area (TPSA) is 105 Å². The average Bonchev–Trinajstić information content (AvgIpc) is 2.86. The minimum absolute atomic E-state index is 0.0269. The Bertz CT molecular complexity index is 1120. The smallest absolute Gasteiger partial charge is 0.261 e. The van der Waals surface area contributed by atoms with Crippen molar-refractivity contribution in [1.82, 2.24) is 10.2 Å². The van der Waals surface area contributed by atoms with Crippen LogP contribution in [0.4, 0.5) is 5.69 Å². The number of hydrogen-bond donors (Lipinski definition) is 2. The normalized spacial score (nSPS) is 14.0. The molecule has 0 bridgehead atoms. The average molecular weight is 506 g/mol. The third kappa shape index (κ3) is 6.52. The maximum Gasteiger partial charge on any atom is 0.261 e. The molecule has 184 valence electrons. The van der Waals surface area contributed by atoms with E-state index in [2.05, 4.69) is 10.0 Å². The quantitative estimate of drug-likeness (QED) is 0.378. The number of nitrogens with one attached hydrogen (secondary N) is 2. The highest BCUT2D eigenvalue weighted by Gasteiger charge is 2.25. The van der Waals surface area contributed by atoms with Gasteiger partial charge in [-0.1, -0.05) is 12.1 Å². The van der Waals surface area contributed by atoms with Crippen LogP contribution in [-0.4, -0.2) is 64.7 Å². The number of hydrogen-bond acceptors (Lipinski definition) is 6. The predicted molar refractivity (Wildman–Crippen MR) is 134 cm³/mol. The van der Waals surface area contributed by atoms with E-state index in [0.717, 1.165) is 24.2 Å². The molecule has 2 aromatic rings. The van der Waals surface area contributed by atoms with E-state index in [9.17, 15) is 18.0 Å². The molecule has 2 aromatic carbocycles. The maximum atomic E-state index is 13.2. The van der Waals surface area contributed by atoms with E-state index in [1.54, 1.807) is 36.3 Å². The highest BCUT2D eigenvalue weighted by Crippen LogP contribution is 2.28. The van der Waals surface area contributed by atoms with Crippen LogP contribution in [0, 0.1) is 0 Å². The molecule has 2 N–H and O–H groups in total. The number of amides is 2. The zero-order valence-corrected chi connectivity index (χ0v) is 21.1. The Labute approximate surface area is 205 Å². The number of benzene rings is 2. The molecule has 2 amide bonds. The second kappa shape index (κ2) is 12.2. The van der Waals surface area contributed by atoms with Crippen molar-refractivity contribution in [2.45, 2.75) is 35.5 Å². The molecule has 0 atom stereocenters. The van der Waals surface area contributed by atoms with Gasteiger partial charge in [-0.15, -0.1) is 11.8 Å². The van der Waals surface area contributed by atoms with Crippen molar-refractivity contribution in [3.05, 3.63) is 53.6 Å². The summed E-state index contributed by atoms with van der Waals surface area (Å²) in [6, 6.07) is 11.0. The summed E-state index contributed by atoms with van der Waals surface area (Å²) < 4.78 is 34.0. The Morgan fingerprint density at radius 1 is 1.06 bits per heavy atom. The van der Waals surface area contributed by atoms with Gasteiger partial charge < -0.3 is 15.0 Å². The predicted octanol–water partition coefficient (Wildman–Crippen LogP) is 3.60. The van der Waals surface area contributed by atoms with Crippen LogP contribution in [0.3, 0.4) is 0 Å². The first-order valence-corrected chi connectivity index (χ1v) is 13.9. The molecule has 0 radical (unpaired) electrons. The molecule has 1 saturated heterocycles. The van der Waals surface area contributed by atoms with Crippen LogP contribution < -0.4 is 10.0 Å². The molecule has 34 heavy (non-hydrogen) atoms. The molecule has 3 rings (SSSR count). The van der Waals surface area contributed by atoms with Crippen LogP contribution in [0.5, 0.6) is 0 Å². The standard InChI is InChI=1S/C24H31N3O5S2/c1-32-16-8-13-25-23(28)19-9-4-5-10-21(19)26-34(30,31)18-11-12-22(33-2)20(17-18)24(29)27-14-6-3-7-15-27/h4-5,9-12,17,26H,3,6-8,13-16H2,1-2H3,(H,25,28). The molecule has 8 nitrogen and oxygen atoms in total. The summed E-state index contributed by atoms with van der Waals surface area (Å²) in [6.07, 6.45) is 5.49. The van der Waals surface area contributed by atoms with Crippen molar-refractivity contribution >= 4 is 39.3 Å². The van der Waals surface area contributed by atoms with Crippen LogP contribution in [0.1, 0.15) is 46.4 Å². The van der Waals surface area contributed by atoms with Crippen LogP contribution >= 0.6 is 11.8 Å². The van der Waals surface area contributed by atoms with Gasteiger partial charge >= 0.3 is 0 Å². The lowest BCUT2D eigenvalue weighted by Gasteiger charge is -2.27. The van der Waals surface area contributed by atoms with Crippen LogP contribution in [-0.2, 0) is 14.8 Å². The van der Waals surface area contributed by atoms with Gasteiger partial charge in [0.2, 0.25) is 0 Å². The number of carbonyl (C=O) groups is 2. The fourth-order valence-electron chi connectivity index (χ4n) is 3.78. The van der Waals surface area contributed by atoms with Crippen molar-refractivity contribution in [3.63, 3.8) is 0 Å². The van der Waals surface area contributed by atoms with Gasteiger partial charge in [0, 0.05) is 38.2 Å². The number of anilines is 1. The van der Waals surface area contributed by atoms with Gasteiger partial charge in [0.1, 0.15) is 0 Å². The third-order valence-electron chi connectivity index (χ3n) is 5.58. The van der Waals surface area contributed by atoms with E-state index < -0.39 is 10.0 Å². The van der Waals surface area contributed by atoms with Gasteiger partial charge in [-0.3, -0.25) is 14.3 Å². The number of piperidine rings is 1. The van der Waals surface area contributed by atoms with Crippen LogP contribution in [0.15, 0.2) is 52.3 Å². The summed E-state index contributed by atoms with van der Waals surface area (Å²) in [5.74, 6) is -0.537. The monoisotopic (exact) mass is 505 g/mol. The Morgan fingerprint density at radius 2 is 1.79 bits per heavy atom. The zero-order valence-electron chi connectivity index (χ0n) is 19.5. The van der Waals surface area contributed by atoms with Gasteiger partial charge in [-0.05, 0) is 62.3 Å². The van der Waals surface area contributed by atoms with Crippen molar-refractivity contribution in [1.29, 1.82) is 0 Å². The Kier molecular flexibility index (Phi) is 9.37. The van der Waals surface area contributed by atoms with E-state index in [4.69, 9.17) is 4.74 Å². The number of thioether (sulfide) groups is 1. The summed E-state index contributed by atoms with van der Waals surface area (Å²) in [4.78, 5) is 28.2. The first-order valence-electron chi connectivity index (χ1n) is 11.2. The van der Waals surface area contributed by atoms with Crippen LogP contribution in [0.25, 0.3) is 0 Å². The molecule has 10 heteroatoms. The number of nitrogens with zero attached hydrogens (tertiary/aromatic N) is 1. The molecule has 0 aliphatic carbocycles. The molecule has 1 fully saturated rings. The number of ether oxygens (including phenoxy) is 1. The first-order chi connectivity index (χ1) is 16.4. The number of likely N-dealkylation sites (tertiary alicyclic amines) is 1. The van der Waals surface area contributed by atoms with Crippen molar-refractivity contribution in [3.8, 4) is 0 Å². The molecule has 1 aliphatic rings. The van der Waals surface area contributed by atoms with E-state index in [1.807, 2.05) is 6.26 Å². The maximum absolute atomic E-state index is 13.2. The lowest BCUT2D eigenvalue weighted by Crippen LogP contribution is -2.36. The van der Waals surface area contributed by atoms with Crippen molar-refractivity contribution < 1.29 is 22.7 Å². The summed E-state index contributed by atoms with van der Waals surface area (Å²) in [5, 5.41) is 2.77. The van der Waals surface area contributed by atoms with Gasteiger partial charge in [0.05, 0.1) is 21.7 Å². The summed E-state index contributed by atoms with van der Waals surface area (Å²) >= 11 is 1.40. The van der Waals surface area contributed by atoms with Gasteiger partial charge in [0.15, 0.2) is 0 Å². The zero-order chi connectivity index (χ0) is 24.6. The lowest BCUT2D eigenvalue weighted by molar-refractivity contribution is 0.0720. The highest BCUT2D eigenvalue weighted by atomic mass is 32.2. The molecular formula is C24H31N3O5S2. The van der Waals surface area contributed by atoms with E-state index in [0.29, 0.717) is 38.2 Å². The van der Waals surface area contributed by atoms with Crippen molar-refractivity contribution in [2.24, 2.45) is 0 Å². The first kappa shape index (κ1) is 26.1. The number of methoxy groups -OCH3 is 1. The molecule has 0 saturated carbocycles. The third-order valence-corrected chi connectivity index (χ3v) is 7.74. The Morgan fingerprint density at radius 3 is 2.50 bits per heavy atom. The number of para-hydroxylation sites is 1. The van der Waals surface area contributed by atoms with E-state index in [1.165, 1.54) is 30.0 Å². The summed E-state index contributed by atoms with van der Waals surface area (Å²) in [5.41, 5.74) is 0.764. The molecule has 0 aromatic heterocycles. The molecule has 1 heterocycles. The minimum atomic E-state index is -4.04. The van der Waals surface area contributed by atoms with Gasteiger partial charge in [-0.25, -0.2) is 8.42 Å². The van der Waals surface area contributed by atoms with Crippen LogP contribution in [0.2, 0.25) is 0 Å². The van der Waals surface area contributed by atoms with Crippen molar-refractivity contribution in [2.75, 3.05) is 44.3 Å². The second-order valence-corrected chi connectivity index (χ2v) is 10.5. The van der Waals surface area contributed by atoms with Gasteiger partial charge in [-0.2, -0.15) is 0 Å². The lowest BCUT2D eigenvalue weighted by atomic mass is 10.1. The Hall–Kier alpha value is -2.56. The molecule has 1 aliphatic heterocycles. The van der Waals surface area contributed by atoms with E-state index in [-0.39, 0.29) is 28.0 Å². The molecular weight excluding hydrogens is 474 g/mol. The SMILES string of the molecule is COCCCNC(=O)c1ccccc1NS(=O)(=O)c1ccc(SC)c(C(=O)N2CCCCC2)c1. The largest absolute Gasteiger partial charge is 0.385 e. The fourth-order valence-corrected chi connectivity index (χ4v) is 5.45. The summed E-state index contributed by atoms with van der Waals surface area (Å²) in [7, 11) is -2.45. The number of rotatable bonds is 10. The molecule has 0 spiro atoms. The fraction of sp³-hybridized carbons (Fsp3) is 0.417.